The molecule has 0 aromatic carbocycles. The smallest absolute Gasteiger partial charge is 0.306 e. The van der Waals surface area contributed by atoms with Crippen LogP contribution in [-0.4, -0.2) is 22.2 Å². The van der Waals surface area contributed by atoms with E-state index in [0.29, 0.717) is 6.42 Å². The number of rotatable bonds is 11. The molecule has 4 nitrogen and oxygen atoms in total. The van der Waals surface area contributed by atoms with Crippen LogP contribution in [0.25, 0.3) is 0 Å². The van der Waals surface area contributed by atoms with Gasteiger partial charge >= 0.3 is 11.9 Å². The van der Waals surface area contributed by atoms with E-state index in [4.69, 9.17) is 10.2 Å². The lowest BCUT2D eigenvalue weighted by Crippen LogP contribution is -2.16. The molecule has 1 fully saturated rings. The number of hydrogen-bond acceptors (Lipinski definition) is 2. The Kier molecular flexibility index (Phi) is 15.1. The number of carboxylic acids is 2. The number of carbonyl (C=O) groups is 2. The monoisotopic (exact) mass is 328 g/mol. The van der Waals surface area contributed by atoms with Crippen LogP contribution < -0.4 is 0 Å². The molecule has 0 amide bonds. The van der Waals surface area contributed by atoms with Crippen LogP contribution in [-0.2, 0) is 9.59 Å². The molecule has 0 heterocycles. The molecule has 0 radical (unpaired) electrons. The first-order chi connectivity index (χ1) is 11.1. The highest BCUT2D eigenvalue weighted by molar-refractivity contribution is 5.69. The molecule has 1 aliphatic rings. The highest BCUT2D eigenvalue weighted by Crippen LogP contribution is 2.23. The maximum absolute atomic E-state index is 10.4. The lowest BCUT2D eigenvalue weighted by molar-refractivity contribution is -0.142. The van der Waals surface area contributed by atoms with Crippen LogP contribution >= 0.6 is 0 Å². The third-order valence-corrected chi connectivity index (χ3v) is 4.45. The van der Waals surface area contributed by atoms with Crippen molar-refractivity contribution in [2.45, 2.75) is 103 Å². The van der Waals surface area contributed by atoms with Crippen LogP contribution in [0.5, 0.6) is 0 Å². The number of hydrogen-bond donors (Lipinski definition) is 2. The van der Waals surface area contributed by atoms with Crippen molar-refractivity contribution < 1.29 is 19.8 Å². The van der Waals surface area contributed by atoms with Gasteiger partial charge in [0.2, 0.25) is 0 Å². The second-order valence-corrected chi connectivity index (χ2v) is 6.65. The Bertz CT molecular complexity index is 296. The molecule has 23 heavy (non-hydrogen) atoms. The summed E-state index contributed by atoms with van der Waals surface area (Å²) in [6, 6.07) is 0. The molecule has 2 N–H and O–H groups in total. The predicted molar refractivity (Wildman–Crippen MR) is 93.7 cm³/mol. The molecule has 0 aromatic heterocycles. The summed E-state index contributed by atoms with van der Waals surface area (Å²) in [5.74, 6) is -1.29. The Labute approximate surface area is 141 Å². The maximum Gasteiger partial charge on any atom is 0.306 e. The van der Waals surface area contributed by atoms with Crippen LogP contribution in [0.15, 0.2) is 0 Å². The molecule has 0 aromatic rings. The summed E-state index contributed by atoms with van der Waals surface area (Å²) in [6.45, 7) is 2.23. The zero-order valence-electron chi connectivity index (χ0n) is 14.9. The summed E-state index contributed by atoms with van der Waals surface area (Å²) in [6.07, 6.45) is 16.7. The van der Waals surface area contributed by atoms with E-state index in [2.05, 4.69) is 6.92 Å². The molecule has 1 rings (SSSR count). The largest absolute Gasteiger partial charge is 0.481 e. The minimum absolute atomic E-state index is 0.0289. The van der Waals surface area contributed by atoms with Crippen molar-refractivity contribution in [1.29, 1.82) is 0 Å². The Hall–Kier alpha value is -1.06. The van der Waals surface area contributed by atoms with Gasteiger partial charge < -0.3 is 10.2 Å². The van der Waals surface area contributed by atoms with Crippen molar-refractivity contribution in [2.24, 2.45) is 5.92 Å². The van der Waals surface area contributed by atoms with Gasteiger partial charge in [-0.1, -0.05) is 77.6 Å². The average molecular weight is 328 g/mol. The van der Waals surface area contributed by atoms with E-state index in [9.17, 15) is 9.59 Å². The summed E-state index contributed by atoms with van der Waals surface area (Å²) in [5, 5.41) is 17.0. The van der Waals surface area contributed by atoms with Crippen molar-refractivity contribution in [3.63, 3.8) is 0 Å². The van der Waals surface area contributed by atoms with Crippen molar-refractivity contribution in [3.8, 4) is 0 Å². The fourth-order valence-corrected chi connectivity index (χ4v) is 2.94. The fraction of sp³-hybridized carbons (Fsp3) is 0.895. The van der Waals surface area contributed by atoms with E-state index < -0.39 is 11.9 Å². The van der Waals surface area contributed by atoms with Crippen LogP contribution in [0.3, 0.4) is 0 Å². The van der Waals surface area contributed by atoms with Crippen molar-refractivity contribution in [1.82, 2.24) is 0 Å². The van der Waals surface area contributed by atoms with Gasteiger partial charge in [-0.05, 0) is 19.3 Å². The van der Waals surface area contributed by atoms with Gasteiger partial charge in [-0.2, -0.15) is 0 Å². The Morgan fingerprint density at radius 3 is 1.65 bits per heavy atom. The fourth-order valence-electron chi connectivity index (χ4n) is 2.94. The molecular formula is C19H36O4. The topological polar surface area (TPSA) is 74.6 Å². The van der Waals surface area contributed by atoms with Gasteiger partial charge in [0.25, 0.3) is 0 Å². The van der Waals surface area contributed by atoms with E-state index in [0.717, 1.165) is 38.5 Å². The molecule has 1 aliphatic carbocycles. The van der Waals surface area contributed by atoms with E-state index in [1.54, 1.807) is 0 Å². The normalized spacial score (nSPS) is 14.8. The zero-order valence-corrected chi connectivity index (χ0v) is 14.9. The summed E-state index contributed by atoms with van der Waals surface area (Å²) in [4.78, 5) is 20.6. The van der Waals surface area contributed by atoms with E-state index in [-0.39, 0.29) is 5.92 Å². The molecule has 4 heteroatoms. The second kappa shape index (κ2) is 15.8. The molecule has 0 atom stereocenters. The maximum atomic E-state index is 10.4. The first-order valence-corrected chi connectivity index (χ1v) is 9.52. The molecule has 0 spiro atoms. The second-order valence-electron chi connectivity index (χ2n) is 6.65. The highest BCUT2D eigenvalue weighted by Gasteiger charge is 2.19. The Morgan fingerprint density at radius 2 is 1.26 bits per heavy atom. The molecular weight excluding hydrogens is 292 g/mol. The molecule has 0 bridgehead atoms. The molecule has 1 saturated carbocycles. The third-order valence-electron chi connectivity index (χ3n) is 4.45. The minimum Gasteiger partial charge on any atom is -0.481 e. The SMILES string of the molecule is CCCCCCCCCCCC(=O)O.O=C(O)C1CCCCC1. The summed E-state index contributed by atoms with van der Waals surface area (Å²) in [5.41, 5.74) is 0. The van der Waals surface area contributed by atoms with Crippen LogP contribution in [0.4, 0.5) is 0 Å². The van der Waals surface area contributed by atoms with E-state index in [1.807, 2.05) is 0 Å². The molecule has 136 valence electrons. The Morgan fingerprint density at radius 1 is 0.783 bits per heavy atom. The van der Waals surface area contributed by atoms with Gasteiger partial charge in [-0.25, -0.2) is 0 Å². The summed E-state index contributed by atoms with van der Waals surface area (Å²) < 4.78 is 0. The third kappa shape index (κ3) is 15.6. The first kappa shape index (κ1) is 21.9. The molecule has 0 aliphatic heterocycles. The molecule has 0 unspecified atom stereocenters. The summed E-state index contributed by atoms with van der Waals surface area (Å²) in [7, 11) is 0. The van der Waals surface area contributed by atoms with Gasteiger partial charge in [-0.15, -0.1) is 0 Å². The van der Waals surface area contributed by atoms with Crippen molar-refractivity contribution >= 4 is 11.9 Å². The zero-order chi connectivity index (χ0) is 17.3. The molecule has 0 saturated heterocycles. The van der Waals surface area contributed by atoms with Crippen LogP contribution in [0.2, 0.25) is 0 Å². The van der Waals surface area contributed by atoms with Gasteiger partial charge in [0.05, 0.1) is 5.92 Å². The lowest BCUT2D eigenvalue weighted by Gasteiger charge is -2.16. The van der Waals surface area contributed by atoms with Crippen LogP contribution in [0, 0.1) is 5.92 Å². The van der Waals surface area contributed by atoms with Gasteiger partial charge in [0.1, 0.15) is 0 Å². The Balaban J connectivity index is 0.000000459. The van der Waals surface area contributed by atoms with Crippen molar-refractivity contribution in [2.75, 3.05) is 0 Å². The standard InChI is InChI=1S/C12H24O2.C7H12O2/c1-2-3-4-5-6-7-8-9-10-11-12(13)14;8-7(9)6-4-2-1-3-5-6/h2-11H2,1H3,(H,13,14);6H,1-5H2,(H,8,9). The number of unbranched alkanes of at least 4 members (excludes halogenated alkanes) is 8. The number of carboxylic acid groups (broad SMARTS) is 2. The van der Waals surface area contributed by atoms with Crippen LogP contribution in [0.1, 0.15) is 103 Å². The lowest BCUT2D eigenvalue weighted by atomic mass is 9.90. The summed E-state index contributed by atoms with van der Waals surface area (Å²) >= 11 is 0. The highest BCUT2D eigenvalue weighted by atomic mass is 16.4. The average Bonchev–Trinajstić information content (AvgIpc) is 2.54. The van der Waals surface area contributed by atoms with Gasteiger partial charge in [-0.3, -0.25) is 9.59 Å². The predicted octanol–water partition coefficient (Wildman–Crippen LogP) is 5.64. The van der Waals surface area contributed by atoms with Crippen molar-refractivity contribution in [3.05, 3.63) is 0 Å². The first-order valence-electron chi connectivity index (χ1n) is 9.52. The van der Waals surface area contributed by atoms with E-state index in [1.165, 1.54) is 51.4 Å². The quantitative estimate of drug-likeness (QED) is 0.481. The number of aliphatic carboxylic acids is 2. The van der Waals surface area contributed by atoms with Gasteiger partial charge in [0.15, 0.2) is 0 Å². The van der Waals surface area contributed by atoms with Gasteiger partial charge in [0, 0.05) is 6.42 Å². The minimum atomic E-state index is -0.659. The van der Waals surface area contributed by atoms with E-state index >= 15 is 0 Å².